The van der Waals surface area contributed by atoms with Crippen LogP contribution in [0.5, 0.6) is 5.75 Å². The third kappa shape index (κ3) is 5.19. The van der Waals surface area contributed by atoms with Crippen molar-refractivity contribution in [3.8, 4) is 5.75 Å². The van der Waals surface area contributed by atoms with Crippen molar-refractivity contribution < 1.29 is 14.7 Å². The molecule has 0 saturated heterocycles. The third-order valence-corrected chi connectivity index (χ3v) is 4.54. The molecule has 3 N–H and O–H groups in total. The van der Waals surface area contributed by atoms with E-state index in [0.29, 0.717) is 11.3 Å². The van der Waals surface area contributed by atoms with E-state index in [2.05, 4.69) is 22.8 Å². The van der Waals surface area contributed by atoms with Crippen LogP contribution < -0.4 is 10.7 Å². The quantitative estimate of drug-likeness (QED) is 0.338. The summed E-state index contributed by atoms with van der Waals surface area (Å²) in [7, 11) is 0. The Morgan fingerprint density at radius 3 is 2.52 bits per heavy atom. The lowest BCUT2D eigenvalue weighted by Crippen LogP contribution is -2.32. The molecule has 0 spiro atoms. The number of nitrogens with one attached hydrogen (secondary N) is 2. The first-order chi connectivity index (χ1) is 14.1. The lowest BCUT2D eigenvalue weighted by atomic mass is 10.0. The smallest absolute Gasteiger partial charge is 0.329 e. The number of amides is 2. The Morgan fingerprint density at radius 2 is 1.76 bits per heavy atom. The molecule has 0 bridgehead atoms. The number of hydrogen-bond donors (Lipinski definition) is 3. The Kier molecular flexibility index (Phi) is 6.58. The number of hydrogen-bond acceptors (Lipinski definition) is 4. The molecule has 6 nitrogen and oxygen atoms in total. The van der Waals surface area contributed by atoms with Crippen molar-refractivity contribution in [3.63, 3.8) is 0 Å². The van der Waals surface area contributed by atoms with Crippen molar-refractivity contribution in [2.45, 2.75) is 26.2 Å². The fourth-order valence-electron chi connectivity index (χ4n) is 2.95. The summed E-state index contributed by atoms with van der Waals surface area (Å²) in [6.45, 7) is 2.14. The zero-order chi connectivity index (χ0) is 20.6. The number of rotatable bonds is 6. The van der Waals surface area contributed by atoms with Gasteiger partial charge >= 0.3 is 11.8 Å². The van der Waals surface area contributed by atoms with Crippen molar-refractivity contribution >= 4 is 34.5 Å². The molecule has 3 rings (SSSR count). The van der Waals surface area contributed by atoms with Crippen LogP contribution in [0.15, 0.2) is 65.8 Å². The average molecular weight is 389 g/mol. The van der Waals surface area contributed by atoms with Gasteiger partial charge in [0.05, 0.1) is 6.21 Å². The summed E-state index contributed by atoms with van der Waals surface area (Å²) in [4.78, 5) is 24.0. The molecule has 0 unspecified atom stereocenters. The summed E-state index contributed by atoms with van der Waals surface area (Å²) < 4.78 is 0. The van der Waals surface area contributed by atoms with E-state index in [9.17, 15) is 14.7 Å². The van der Waals surface area contributed by atoms with Crippen molar-refractivity contribution in [1.29, 1.82) is 0 Å². The number of anilines is 1. The highest BCUT2D eigenvalue weighted by Gasteiger charge is 2.13. The number of aryl methyl sites for hydroxylation is 1. The van der Waals surface area contributed by atoms with Crippen LogP contribution in [0, 0.1) is 0 Å². The van der Waals surface area contributed by atoms with Crippen LogP contribution in [0.1, 0.15) is 30.9 Å². The largest absolute Gasteiger partial charge is 0.507 e. The molecule has 0 aliphatic carbocycles. The predicted molar refractivity (Wildman–Crippen MR) is 115 cm³/mol. The van der Waals surface area contributed by atoms with Crippen molar-refractivity contribution in [2.75, 3.05) is 5.32 Å². The normalized spacial score (nSPS) is 10.9. The minimum atomic E-state index is -0.893. The summed E-state index contributed by atoms with van der Waals surface area (Å²) in [5, 5.41) is 18.1. The summed E-state index contributed by atoms with van der Waals surface area (Å²) >= 11 is 0. The zero-order valence-corrected chi connectivity index (χ0v) is 16.2. The standard InChI is InChI=1S/C23H23N3O3/c1-2-3-6-16-9-12-18(13-10-16)25-22(28)23(29)26-24-15-20-19-8-5-4-7-17(19)11-14-21(20)27/h4-5,7-15,27H,2-3,6H2,1H3,(H,25,28)(H,26,29)/b24-15+. The molecule has 0 heterocycles. The molecule has 0 radical (unpaired) electrons. The van der Waals surface area contributed by atoms with Crippen LogP contribution in [0.2, 0.25) is 0 Å². The molecule has 0 aliphatic heterocycles. The van der Waals surface area contributed by atoms with Gasteiger partial charge in [-0.15, -0.1) is 0 Å². The van der Waals surface area contributed by atoms with Gasteiger partial charge in [-0.05, 0) is 47.4 Å². The fraction of sp³-hybridized carbons (Fsp3) is 0.174. The number of phenols is 1. The Morgan fingerprint density at radius 1 is 1.00 bits per heavy atom. The molecule has 0 atom stereocenters. The second-order valence-electron chi connectivity index (χ2n) is 6.67. The summed E-state index contributed by atoms with van der Waals surface area (Å²) in [5.74, 6) is -1.67. The van der Waals surface area contributed by atoms with Gasteiger partial charge in [0, 0.05) is 11.3 Å². The van der Waals surface area contributed by atoms with Crippen LogP contribution in [-0.4, -0.2) is 23.1 Å². The first kappa shape index (κ1) is 20.1. The molecule has 3 aromatic carbocycles. The Balaban J connectivity index is 1.61. The number of aromatic hydroxyl groups is 1. The van der Waals surface area contributed by atoms with Crippen LogP contribution in [0.4, 0.5) is 5.69 Å². The molecule has 2 amide bonds. The average Bonchev–Trinajstić information content (AvgIpc) is 2.74. The topological polar surface area (TPSA) is 90.8 Å². The van der Waals surface area contributed by atoms with Gasteiger partial charge in [0.2, 0.25) is 0 Å². The first-order valence-electron chi connectivity index (χ1n) is 9.52. The monoisotopic (exact) mass is 389 g/mol. The lowest BCUT2D eigenvalue weighted by molar-refractivity contribution is -0.136. The first-order valence-corrected chi connectivity index (χ1v) is 9.52. The van der Waals surface area contributed by atoms with Gasteiger partial charge in [0.15, 0.2) is 0 Å². The van der Waals surface area contributed by atoms with E-state index >= 15 is 0 Å². The Bertz CT molecular complexity index is 1040. The van der Waals surface area contributed by atoms with Crippen LogP contribution in [0.25, 0.3) is 10.8 Å². The van der Waals surface area contributed by atoms with Crippen LogP contribution in [0.3, 0.4) is 0 Å². The number of phenolic OH excluding ortho intramolecular Hbond substituents is 1. The van der Waals surface area contributed by atoms with Crippen molar-refractivity contribution in [3.05, 3.63) is 71.8 Å². The van der Waals surface area contributed by atoms with Gasteiger partial charge in [-0.25, -0.2) is 5.43 Å². The second kappa shape index (κ2) is 9.50. The van der Waals surface area contributed by atoms with Gasteiger partial charge in [-0.1, -0.05) is 55.8 Å². The lowest BCUT2D eigenvalue weighted by Gasteiger charge is -2.06. The molecule has 3 aromatic rings. The Labute approximate surface area is 169 Å². The number of fused-ring (bicyclic) bond motifs is 1. The van der Waals surface area contributed by atoms with E-state index in [1.54, 1.807) is 24.3 Å². The highest BCUT2D eigenvalue weighted by molar-refractivity contribution is 6.39. The number of carbonyl (C=O) groups is 2. The predicted octanol–water partition coefficient (Wildman–Crippen LogP) is 3.98. The maximum absolute atomic E-state index is 12.0. The van der Waals surface area contributed by atoms with E-state index in [4.69, 9.17) is 0 Å². The van der Waals surface area contributed by atoms with E-state index in [1.807, 2.05) is 36.4 Å². The number of unbranched alkanes of at least 4 members (excludes halogenated alkanes) is 1. The minimum absolute atomic E-state index is 0.0364. The second-order valence-corrected chi connectivity index (χ2v) is 6.67. The molecule has 0 aromatic heterocycles. The van der Waals surface area contributed by atoms with Gasteiger partial charge in [-0.3, -0.25) is 9.59 Å². The number of nitrogens with zero attached hydrogens (tertiary/aromatic N) is 1. The molecule has 29 heavy (non-hydrogen) atoms. The van der Waals surface area contributed by atoms with Crippen molar-refractivity contribution in [2.24, 2.45) is 5.10 Å². The maximum atomic E-state index is 12.0. The van der Waals surface area contributed by atoms with Gasteiger partial charge < -0.3 is 10.4 Å². The highest BCUT2D eigenvalue weighted by Crippen LogP contribution is 2.25. The summed E-state index contributed by atoms with van der Waals surface area (Å²) in [6, 6.07) is 18.3. The summed E-state index contributed by atoms with van der Waals surface area (Å²) in [5.41, 5.74) is 4.39. The molecular weight excluding hydrogens is 366 g/mol. The van der Waals surface area contributed by atoms with E-state index < -0.39 is 11.8 Å². The number of benzene rings is 3. The zero-order valence-electron chi connectivity index (χ0n) is 16.2. The van der Waals surface area contributed by atoms with Crippen LogP contribution >= 0.6 is 0 Å². The fourth-order valence-corrected chi connectivity index (χ4v) is 2.95. The molecule has 0 fully saturated rings. The van der Waals surface area contributed by atoms with Gasteiger partial charge in [0.25, 0.3) is 0 Å². The van der Waals surface area contributed by atoms with E-state index in [1.165, 1.54) is 11.8 Å². The SMILES string of the molecule is CCCCc1ccc(NC(=O)C(=O)N/N=C/c2c(O)ccc3ccccc23)cc1. The number of hydrazone groups is 1. The molecule has 0 aliphatic rings. The molecular formula is C23H23N3O3. The van der Waals surface area contributed by atoms with Gasteiger partial charge in [-0.2, -0.15) is 5.10 Å². The van der Waals surface area contributed by atoms with Crippen molar-refractivity contribution in [1.82, 2.24) is 5.43 Å². The maximum Gasteiger partial charge on any atom is 0.329 e. The molecule has 148 valence electrons. The minimum Gasteiger partial charge on any atom is -0.507 e. The summed E-state index contributed by atoms with van der Waals surface area (Å²) in [6.07, 6.45) is 4.54. The third-order valence-electron chi connectivity index (χ3n) is 4.54. The van der Waals surface area contributed by atoms with E-state index in [-0.39, 0.29) is 5.75 Å². The molecule has 0 saturated carbocycles. The van der Waals surface area contributed by atoms with Crippen LogP contribution in [-0.2, 0) is 16.0 Å². The Hall–Kier alpha value is -3.67. The van der Waals surface area contributed by atoms with E-state index in [0.717, 1.165) is 30.0 Å². The molecule has 6 heteroatoms. The highest BCUT2D eigenvalue weighted by atomic mass is 16.3. The van der Waals surface area contributed by atoms with Gasteiger partial charge in [0.1, 0.15) is 5.75 Å². The number of carbonyl (C=O) groups excluding carboxylic acids is 2.